The normalized spacial score (nSPS) is 10.3. The lowest BCUT2D eigenvalue weighted by Crippen LogP contribution is -2.29. The maximum atomic E-state index is 11.3. The molecule has 0 aliphatic carbocycles. The monoisotopic (exact) mass is 167 g/mol. The Kier molecular flexibility index (Phi) is 2.53. The van der Waals surface area contributed by atoms with Crippen LogP contribution in [0, 0.1) is 6.92 Å². The molecule has 0 radical (unpaired) electrons. The van der Waals surface area contributed by atoms with Gasteiger partial charge in [-0.25, -0.2) is 0 Å². The van der Waals surface area contributed by atoms with Gasteiger partial charge in [0.2, 0.25) is 0 Å². The molecular weight excluding hydrogens is 154 g/mol. The summed E-state index contributed by atoms with van der Waals surface area (Å²) in [7, 11) is 0. The maximum Gasteiger partial charge on any atom is 0.254 e. The summed E-state index contributed by atoms with van der Waals surface area (Å²) in [6, 6.07) is 1.88. The second-order valence-electron chi connectivity index (χ2n) is 3.07. The summed E-state index contributed by atoms with van der Waals surface area (Å²) < 4.78 is 5.01. The highest BCUT2D eigenvalue weighted by Gasteiger charge is 2.08. The van der Waals surface area contributed by atoms with Gasteiger partial charge in [-0.05, 0) is 26.8 Å². The van der Waals surface area contributed by atoms with Gasteiger partial charge in [-0.15, -0.1) is 0 Å². The minimum absolute atomic E-state index is 0.0816. The molecule has 0 spiro atoms. The zero-order chi connectivity index (χ0) is 9.14. The minimum atomic E-state index is -0.0816. The Balaban J connectivity index is 2.65. The van der Waals surface area contributed by atoms with E-state index < -0.39 is 0 Å². The van der Waals surface area contributed by atoms with E-state index in [9.17, 15) is 4.79 Å². The molecule has 3 heteroatoms. The number of carbonyl (C=O) groups is 1. The van der Waals surface area contributed by atoms with Crippen molar-refractivity contribution in [2.24, 2.45) is 0 Å². The van der Waals surface area contributed by atoms with Gasteiger partial charge in [-0.1, -0.05) is 0 Å². The molecule has 3 nitrogen and oxygen atoms in total. The summed E-state index contributed by atoms with van der Waals surface area (Å²) in [5.41, 5.74) is 0.584. The second-order valence-corrected chi connectivity index (χ2v) is 3.07. The number of aryl methyl sites for hydroxylation is 1. The number of amides is 1. The van der Waals surface area contributed by atoms with Gasteiger partial charge in [-0.3, -0.25) is 4.79 Å². The third-order valence-electron chi connectivity index (χ3n) is 1.41. The average Bonchev–Trinajstić information content (AvgIpc) is 2.34. The Bertz CT molecular complexity index is 276. The van der Waals surface area contributed by atoms with Crippen molar-refractivity contribution in [3.05, 3.63) is 23.7 Å². The highest BCUT2D eigenvalue weighted by atomic mass is 16.3. The number of carbonyl (C=O) groups excluding carboxylic acids is 1. The SMILES string of the molecule is Cc1cc(C(=O)NC(C)C)co1. The van der Waals surface area contributed by atoms with Gasteiger partial charge in [0, 0.05) is 6.04 Å². The third kappa shape index (κ3) is 2.12. The van der Waals surface area contributed by atoms with Crippen LogP contribution < -0.4 is 5.32 Å². The van der Waals surface area contributed by atoms with Crippen LogP contribution in [0.3, 0.4) is 0 Å². The zero-order valence-corrected chi connectivity index (χ0v) is 7.55. The number of nitrogens with one attached hydrogen (secondary N) is 1. The Labute approximate surface area is 71.8 Å². The molecule has 0 unspecified atom stereocenters. The van der Waals surface area contributed by atoms with Crippen LogP contribution in [0.2, 0.25) is 0 Å². The van der Waals surface area contributed by atoms with Crippen molar-refractivity contribution in [3.8, 4) is 0 Å². The molecule has 0 aliphatic rings. The number of rotatable bonds is 2. The molecule has 0 atom stereocenters. The minimum Gasteiger partial charge on any atom is -0.469 e. The van der Waals surface area contributed by atoms with Gasteiger partial charge in [0.15, 0.2) is 0 Å². The van der Waals surface area contributed by atoms with E-state index in [4.69, 9.17) is 4.42 Å². The Hall–Kier alpha value is -1.25. The van der Waals surface area contributed by atoms with Gasteiger partial charge in [0.1, 0.15) is 12.0 Å². The van der Waals surface area contributed by atoms with Gasteiger partial charge in [-0.2, -0.15) is 0 Å². The highest BCUT2D eigenvalue weighted by molar-refractivity contribution is 5.94. The van der Waals surface area contributed by atoms with E-state index in [1.165, 1.54) is 6.26 Å². The van der Waals surface area contributed by atoms with Gasteiger partial charge in [0.05, 0.1) is 5.56 Å². The van der Waals surface area contributed by atoms with Crippen molar-refractivity contribution in [2.45, 2.75) is 26.8 Å². The molecule has 12 heavy (non-hydrogen) atoms. The first-order valence-corrected chi connectivity index (χ1v) is 3.95. The first-order chi connectivity index (χ1) is 5.59. The van der Waals surface area contributed by atoms with Crippen LogP contribution in [0.25, 0.3) is 0 Å². The lowest BCUT2D eigenvalue weighted by molar-refractivity contribution is 0.0942. The zero-order valence-electron chi connectivity index (χ0n) is 7.55. The van der Waals surface area contributed by atoms with Crippen molar-refractivity contribution in [3.63, 3.8) is 0 Å². The quantitative estimate of drug-likeness (QED) is 0.728. The van der Waals surface area contributed by atoms with Gasteiger partial charge >= 0.3 is 0 Å². The molecular formula is C9H13NO2. The Morgan fingerprint density at radius 1 is 1.58 bits per heavy atom. The standard InChI is InChI=1S/C9H13NO2/c1-6(2)10-9(11)8-4-7(3)12-5-8/h4-6H,1-3H3,(H,10,11). The summed E-state index contributed by atoms with van der Waals surface area (Å²) >= 11 is 0. The van der Waals surface area contributed by atoms with Crippen molar-refractivity contribution in [1.82, 2.24) is 5.32 Å². The summed E-state index contributed by atoms with van der Waals surface area (Å²) in [5.74, 6) is 0.672. The van der Waals surface area contributed by atoms with Crippen LogP contribution in [-0.4, -0.2) is 11.9 Å². The number of furan rings is 1. The van der Waals surface area contributed by atoms with Crippen LogP contribution >= 0.6 is 0 Å². The van der Waals surface area contributed by atoms with E-state index in [0.717, 1.165) is 5.76 Å². The highest BCUT2D eigenvalue weighted by Crippen LogP contribution is 2.05. The molecule has 1 heterocycles. The largest absolute Gasteiger partial charge is 0.469 e. The molecule has 0 aliphatic heterocycles. The van der Waals surface area contributed by atoms with E-state index in [1.54, 1.807) is 6.07 Å². The predicted octanol–water partition coefficient (Wildman–Crippen LogP) is 1.73. The summed E-state index contributed by atoms with van der Waals surface area (Å²) in [6.07, 6.45) is 1.47. The molecule has 1 aromatic rings. The predicted molar refractivity (Wildman–Crippen MR) is 46.0 cm³/mol. The van der Waals surface area contributed by atoms with Crippen LogP contribution in [0.1, 0.15) is 30.0 Å². The molecule has 0 saturated heterocycles. The fraction of sp³-hybridized carbons (Fsp3) is 0.444. The molecule has 1 amide bonds. The molecule has 0 bridgehead atoms. The van der Waals surface area contributed by atoms with Crippen molar-refractivity contribution >= 4 is 5.91 Å². The number of hydrogen-bond acceptors (Lipinski definition) is 2. The first-order valence-electron chi connectivity index (χ1n) is 3.95. The van der Waals surface area contributed by atoms with Crippen LogP contribution in [0.5, 0.6) is 0 Å². The lowest BCUT2D eigenvalue weighted by atomic mass is 10.3. The van der Waals surface area contributed by atoms with Crippen molar-refractivity contribution in [1.29, 1.82) is 0 Å². The molecule has 0 aromatic carbocycles. The summed E-state index contributed by atoms with van der Waals surface area (Å²) in [5, 5.41) is 2.77. The first kappa shape index (κ1) is 8.84. The second kappa shape index (κ2) is 3.43. The van der Waals surface area contributed by atoms with Gasteiger partial charge in [0.25, 0.3) is 5.91 Å². The van der Waals surface area contributed by atoms with Crippen molar-refractivity contribution in [2.75, 3.05) is 0 Å². The molecule has 0 fully saturated rings. The fourth-order valence-electron chi connectivity index (χ4n) is 0.908. The summed E-state index contributed by atoms with van der Waals surface area (Å²) in [4.78, 5) is 11.3. The lowest BCUT2D eigenvalue weighted by Gasteiger charge is -2.05. The Morgan fingerprint density at radius 2 is 2.25 bits per heavy atom. The smallest absolute Gasteiger partial charge is 0.254 e. The molecule has 1 N–H and O–H groups in total. The topological polar surface area (TPSA) is 42.2 Å². The van der Waals surface area contributed by atoms with Crippen molar-refractivity contribution < 1.29 is 9.21 Å². The summed E-state index contributed by atoms with van der Waals surface area (Å²) in [6.45, 7) is 5.65. The maximum absolute atomic E-state index is 11.3. The van der Waals surface area contributed by atoms with Crippen LogP contribution in [0.15, 0.2) is 16.7 Å². The average molecular weight is 167 g/mol. The van der Waals surface area contributed by atoms with E-state index in [-0.39, 0.29) is 11.9 Å². The van der Waals surface area contributed by atoms with E-state index >= 15 is 0 Å². The van der Waals surface area contributed by atoms with Crippen LogP contribution in [0.4, 0.5) is 0 Å². The van der Waals surface area contributed by atoms with Crippen LogP contribution in [-0.2, 0) is 0 Å². The van der Waals surface area contributed by atoms with Gasteiger partial charge < -0.3 is 9.73 Å². The number of hydrogen-bond donors (Lipinski definition) is 1. The Morgan fingerprint density at radius 3 is 2.67 bits per heavy atom. The molecule has 1 rings (SSSR count). The molecule has 1 aromatic heterocycles. The molecule has 66 valence electrons. The third-order valence-corrected chi connectivity index (χ3v) is 1.41. The fourth-order valence-corrected chi connectivity index (χ4v) is 0.908. The van der Waals surface area contributed by atoms with E-state index in [1.807, 2.05) is 20.8 Å². The molecule has 0 saturated carbocycles. The van der Waals surface area contributed by atoms with E-state index in [2.05, 4.69) is 5.32 Å². The van der Waals surface area contributed by atoms with E-state index in [0.29, 0.717) is 5.56 Å².